The summed E-state index contributed by atoms with van der Waals surface area (Å²) in [5.74, 6) is -0.431. The highest BCUT2D eigenvalue weighted by atomic mass is 16.5. The molecule has 1 saturated heterocycles. The van der Waals surface area contributed by atoms with E-state index < -0.39 is 5.91 Å². The third-order valence-electron chi connectivity index (χ3n) is 5.91. The van der Waals surface area contributed by atoms with Crippen LogP contribution in [0, 0.1) is 0 Å². The van der Waals surface area contributed by atoms with Crippen molar-refractivity contribution >= 4 is 5.91 Å². The average molecular weight is 419 g/mol. The Balaban J connectivity index is 1.44. The predicted octanol–water partition coefficient (Wildman–Crippen LogP) is 3.67. The van der Waals surface area contributed by atoms with Gasteiger partial charge in [-0.25, -0.2) is 0 Å². The predicted molar refractivity (Wildman–Crippen MR) is 122 cm³/mol. The first-order valence-corrected chi connectivity index (χ1v) is 11.8. The number of hydrogen-bond donors (Lipinski definition) is 2. The summed E-state index contributed by atoms with van der Waals surface area (Å²) in [6.45, 7) is 7.72. The first kappa shape index (κ1) is 24.8. The van der Waals surface area contributed by atoms with Crippen molar-refractivity contribution in [3.63, 3.8) is 0 Å². The molecular weight excluding hydrogens is 376 g/mol. The maximum absolute atomic E-state index is 11.5. The van der Waals surface area contributed by atoms with E-state index in [1.807, 2.05) is 0 Å². The number of unbranched alkanes of at least 4 members (excludes halogenated alkanes) is 7. The van der Waals surface area contributed by atoms with E-state index in [0.29, 0.717) is 24.2 Å². The number of primary amides is 1. The number of carbonyl (C=O) groups excluding carboxylic acids is 1. The fraction of sp³-hybridized carbons (Fsp3) is 0.750. The molecular formula is C24H42N4O2. The summed E-state index contributed by atoms with van der Waals surface area (Å²) < 4.78 is 5.80. The van der Waals surface area contributed by atoms with E-state index >= 15 is 0 Å². The van der Waals surface area contributed by atoms with Crippen molar-refractivity contribution in [3.8, 4) is 0 Å². The topological polar surface area (TPSA) is 94.5 Å². The van der Waals surface area contributed by atoms with Gasteiger partial charge in [-0.1, -0.05) is 44.9 Å². The van der Waals surface area contributed by atoms with E-state index in [9.17, 15) is 4.79 Å². The second-order valence-electron chi connectivity index (χ2n) is 8.96. The van der Waals surface area contributed by atoms with Crippen molar-refractivity contribution in [2.24, 2.45) is 11.5 Å². The van der Waals surface area contributed by atoms with Crippen molar-refractivity contribution in [2.45, 2.75) is 96.3 Å². The molecule has 0 aliphatic carbocycles. The summed E-state index contributed by atoms with van der Waals surface area (Å²) in [6.07, 6.45) is 14.3. The second kappa shape index (κ2) is 13.7. The van der Waals surface area contributed by atoms with Crippen LogP contribution in [0.25, 0.3) is 0 Å². The molecule has 2 rings (SSSR count). The van der Waals surface area contributed by atoms with Crippen LogP contribution >= 0.6 is 0 Å². The van der Waals surface area contributed by atoms with E-state index in [2.05, 4.69) is 23.7 Å². The Hall–Kier alpha value is -1.50. The molecule has 3 unspecified atom stereocenters. The maximum atomic E-state index is 11.5. The quantitative estimate of drug-likeness (QED) is 0.450. The molecule has 4 N–H and O–H groups in total. The van der Waals surface area contributed by atoms with Crippen LogP contribution < -0.4 is 11.5 Å². The molecule has 3 atom stereocenters. The zero-order chi connectivity index (χ0) is 21.8. The Morgan fingerprint density at radius 2 is 1.70 bits per heavy atom. The fourth-order valence-electron chi connectivity index (χ4n) is 4.44. The van der Waals surface area contributed by atoms with Gasteiger partial charge in [0.2, 0.25) is 0 Å². The van der Waals surface area contributed by atoms with Crippen LogP contribution in [0.4, 0.5) is 0 Å². The lowest BCUT2D eigenvalue weighted by atomic mass is 10.00. The summed E-state index contributed by atoms with van der Waals surface area (Å²) in [5, 5.41) is 0. The highest BCUT2D eigenvalue weighted by molar-refractivity contribution is 5.93. The van der Waals surface area contributed by atoms with E-state index in [-0.39, 0.29) is 6.04 Å². The number of rotatable bonds is 14. The molecule has 1 amide bonds. The molecule has 1 aromatic heterocycles. The monoisotopic (exact) mass is 418 g/mol. The summed E-state index contributed by atoms with van der Waals surface area (Å²) in [5.41, 5.74) is 12.9. The van der Waals surface area contributed by atoms with E-state index in [0.717, 1.165) is 31.6 Å². The minimum atomic E-state index is -0.431. The van der Waals surface area contributed by atoms with Crippen molar-refractivity contribution in [3.05, 3.63) is 29.6 Å². The first-order chi connectivity index (χ1) is 14.5. The Labute approximate surface area is 182 Å². The number of ether oxygens (including phenoxy) is 1. The molecule has 6 nitrogen and oxygen atoms in total. The molecule has 1 aliphatic heterocycles. The second-order valence-corrected chi connectivity index (χ2v) is 8.96. The first-order valence-electron chi connectivity index (χ1n) is 11.8. The summed E-state index contributed by atoms with van der Waals surface area (Å²) in [7, 11) is 0. The molecule has 1 aromatic rings. The van der Waals surface area contributed by atoms with Gasteiger partial charge in [-0.3, -0.25) is 14.7 Å². The normalized spacial score (nSPS) is 20.9. The lowest BCUT2D eigenvalue weighted by Crippen LogP contribution is -2.45. The smallest absolute Gasteiger partial charge is 0.250 e. The van der Waals surface area contributed by atoms with Gasteiger partial charge in [0.05, 0.1) is 23.5 Å². The van der Waals surface area contributed by atoms with Gasteiger partial charge in [0, 0.05) is 31.7 Å². The summed E-state index contributed by atoms with van der Waals surface area (Å²) >= 11 is 0. The number of pyridine rings is 1. The van der Waals surface area contributed by atoms with E-state index in [4.69, 9.17) is 16.2 Å². The minimum absolute atomic E-state index is 0.0311. The van der Waals surface area contributed by atoms with Crippen LogP contribution in [0.3, 0.4) is 0 Å². The standard InChI is InChI=1S/C24H42N4O2/c1-19-17-28(18-20(2)30-19)15-10-8-6-4-3-5-7-9-12-21(25)16-23-22(24(26)29)13-11-14-27-23/h11,13-14,19-21H,3-10,12,15-18,25H2,1-2H3,(H2,26,29). The van der Waals surface area contributed by atoms with E-state index in [1.54, 1.807) is 18.3 Å². The highest BCUT2D eigenvalue weighted by Gasteiger charge is 2.21. The number of morpholine rings is 1. The molecule has 1 fully saturated rings. The molecule has 30 heavy (non-hydrogen) atoms. The molecule has 0 aromatic carbocycles. The number of aromatic nitrogens is 1. The summed E-state index contributed by atoms with van der Waals surface area (Å²) in [4.78, 5) is 18.3. The Kier molecular flexibility index (Phi) is 11.3. The molecule has 0 saturated carbocycles. The van der Waals surface area contributed by atoms with Gasteiger partial charge in [-0.05, 0) is 45.4 Å². The lowest BCUT2D eigenvalue weighted by molar-refractivity contribution is -0.0681. The van der Waals surface area contributed by atoms with Crippen LogP contribution in [0.15, 0.2) is 18.3 Å². The van der Waals surface area contributed by atoms with Crippen LogP contribution in [-0.4, -0.2) is 53.7 Å². The van der Waals surface area contributed by atoms with Crippen LogP contribution in [0.5, 0.6) is 0 Å². The third kappa shape index (κ3) is 9.54. The zero-order valence-electron chi connectivity index (χ0n) is 19.0. The average Bonchev–Trinajstić information content (AvgIpc) is 2.69. The van der Waals surface area contributed by atoms with Crippen molar-refractivity contribution < 1.29 is 9.53 Å². The number of nitrogens with zero attached hydrogens (tertiary/aromatic N) is 2. The number of carbonyl (C=O) groups is 1. The van der Waals surface area contributed by atoms with Gasteiger partial charge >= 0.3 is 0 Å². The molecule has 0 bridgehead atoms. The fourth-order valence-corrected chi connectivity index (χ4v) is 4.44. The number of nitrogens with two attached hydrogens (primary N) is 2. The SMILES string of the molecule is CC1CN(CCCCCCCCCCC(N)Cc2ncccc2C(N)=O)CC(C)O1. The molecule has 6 heteroatoms. The molecule has 170 valence electrons. The number of hydrogen-bond acceptors (Lipinski definition) is 5. The van der Waals surface area contributed by atoms with Gasteiger partial charge in [0.25, 0.3) is 5.91 Å². The lowest BCUT2D eigenvalue weighted by Gasteiger charge is -2.35. The largest absolute Gasteiger partial charge is 0.373 e. The number of amides is 1. The minimum Gasteiger partial charge on any atom is -0.373 e. The molecule has 0 radical (unpaired) electrons. The molecule has 2 heterocycles. The highest BCUT2D eigenvalue weighted by Crippen LogP contribution is 2.15. The van der Waals surface area contributed by atoms with Crippen LogP contribution in [0.1, 0.15) is 87.7 Å². The van der Waals surface area contributed by atoms with Gasteiger partial charge in [-0.15, -0.1) is 0 Å². The molecule has 0 spiro atoms. The summed E-state index contributed by atoms with van der Waals surface area (Å²) in [6, 6.07) is 3.49. The molecule has 1 aliphatic rings. The zero-order valence-corrected chi connectivity index (χ0v) is 19.0. The Bertz CT molecular complexity index is 615. The maximum Gasteiger partial charge on any atom is 0.250 e. The van der Waals surface area contributed by atoms with Crippen LogP contribution in [0.2, 0.25) is 0 Å². The Morgan fingerprint density at radius 1 is 1.10 bits per heavy atom. The van der Waals surface area contributed by atoms with Gasteiger partial charge in [0.1, 0.15) is 0 Å². The van der Waals surface area contributed by atoms with E-state index in [1.165, 1.54) is 51.5 Å². The van der Waals surface area contributed by atoms with Gasteiger partial charge in [-0.2, -0.15) is 0 Å². The van der Waals surface area contributed by atoms with Crippen molar-refractivity contribution in [1.82, 2.24) is 9.88 Å². The van der Waals surface area contributed by atoms with Gasteiger partial charge in [0.15, 0.2) is 0 Å². The third-order valence-corrected chi connectivity index (χ3v) is 5.91. The van der Waals surface area contributed by atoms with Crippen molar-refractivity contribution in [1.29, 1.82) is 0 Å². The van der Waals surface area contributed by atoms with Crippen LogP contribution in [-0.2, 0) is 11.2 Å². The Morgan fingerprint density at radius 3 is 2.33 bits per heavy atom. The van der Waals surface area contributed by atoms with Crippen molar-refractivity contribution in [2.75, 3.05) is 19.6 Å². The van der Waals surface area contributed by atoms with Gasteiger partial charge < -0.3 is 16.2 Å².